The molecule has 3 aliphatic heterocycles. The van der Waals surface area contributed by atoms with Gasteiger partial charge < -0.3 is 18.9 Å². The third-order valence-electron chi connectivity index (χ3n) is 5.76. The maximum absolute atomic E-state index is 12.1. The normalized spacial score (nSPS) is 51.0. The van der Waals surface area contributed by atoms with Crippen molar-refractivity contribution in [1.29, 1.82) is 0 Å². The minimum absolute atomic E-state index is 0.144. The minimum Gasteiger partial charge on any atom is -0.462 e. The highest BCUT2D eigenvalue weighted by molar-refractivity contribution is 5.91. The van der Waals surface area contributed by atoms with Crippen LogP contribution >= 0.6 is 0 Å². The lowest BCUT2D eigenvalue weighted by atomic mass is 9.79. The van der Waals surface area contributed by atoms with Gasteiger partial charge in [-0.3, -0.25) is 4.79 Å². The van der Waals surface area contributed by atoms with E-state index < -0.39 is 18.2 Å². The van der Waals surface area contributed by atoms with Gasteiger partial charge in [-0.1, -0.05) is 6.58 Å². The summed E-state index contributed by atoms with van der Waals surface area (Å²) in [6.07, 6.45) is 1.34. The first-order valence-corrected chi connectivity index (χ1v) is 8.16. The van der Waals surface area contributed by atoms with Gasteiger partial charge >= 0.3 is 11.9 Å². The smallest absolute Gasteiger partial charge is 0.334 e. The predicted octanol–water partition coefficient (Wildman–Crippen LogP) is 1.51. The zero-order valence-corrected chi connectivity index (χ0v) is 13.7. The van der Waals surface area contributed by atoms with Crippen molar-refractivity contribution in [1.82, 2.24) is 0 Å². The van der Waals surface area contributed by atoms with E-state index in [1.165, 1.54) is 6.92 Å². The van der Waals surface area contributed by atoms with Crippen LogP contribution < -0.4 is 0 Å². The number of hydrogen-bond donors (Lipinski definition) is 0. The summed E-state index contributed by atoms with van der Waals surface area (Å²) in [6.45, 7) is 9.31. The van der Waals surface area contributed by atoms with Crippen molar-refractivity contribution in [3.63, 3.8) is 0 Å². The molecule has 1 aliphatic carbocycles. The fourth-order valence-corrected chi connectivity index (χ4v) is 4.27. The van der Waals surface area contributed by atoms with Gasteiger partial charge in [0.1, 0.15) is 18.3 Å². The second-order valence-electron chi connectivity index (χ2n) is 7.58. The third kappa shape index (κ3) is 2.31. The van der Waals surface area contributed by atoms with Gasteiger partial charge in [0.25, 0.3) is 0 Å². The average molecular weight is 322 g/mol. The van der Waals surface area contributed by atoms with Crippen molar-refractivity contribution in [2.75, 3.05) is 0 Å². The van der Waals surface area contributed by atoms with Crippen molar-refractivity contribution in [3.05, 3.63) is 12.2 Å². The van der Waals surface area contributed by atoms with Crippen LogP contribution in [0.25, 0.3) is 0 Å². The lowest BCUT2D eigenvalue weighted by Crippen LogP contribution is -2.40. The number of carbonyl (C=O) groups is 2. The number of epoxide rings is 2. The Morgan fingerprint density at radius 3 is 2.74 bits per heavy atom. The van der Waals surface area contributed by atoms with E-state index in [9.17, 15) is 9.59 Å². The van der Waals surface area contributed by atoms with Gasteiger partial charge in [-0.15, -0.1) is 0 Å². The molecule has 3 heterocycles. The summed E-state index contributed by atoms with van der Waals surface area (Å²) in [5.74, 6) is -1.18. The molecule has 0 amide bonds. The molecule has 3 saturated heterocycles. The number of esters is 2. The van der Waals surface area contributed by atoms with E-state index in [0.717, 1.165) is 12.8 Å². The standard InChI is InChI=1S/C17H22O6/c1-8-12-10(20-9(2)18)7-17(4)11(22-17)5-6-16(3)14(23-16)13(12)21-15(8)19/h10-14H,1,5-7H2,2-4H3/t10?,11-,12+,13-,14-,16+,17-/m0/s1. The van der Waals surface area contributed by atoms with Crippen molar-refractivity contribution >= 4 is 11.9 Å². The van der Waals surface area contributed by atoms with Crippen LogP contribution in [0.1, 0.15) is 40.0 Å². The van der Waals surface area contributed by atoms with E-state index in [0.29, 0.717) is 12.0 Å². The summed E-state index contributed by atoms with van der Waals surface area (Å²) in [5.41, 5.74) is -0.270. The third-order valence-corrected chi connectivity index (χ3v) is 5.76. The molecule has 4 fully saturated rings. The molecule has 0 radical (unpaired) electrons. The molecule has 1 saturated carbocycles. The highest BCUT2D eigenvalue weighted by atomic mass is 16.7. The highest BCUT2D eigenvalue weighted by Crippen LogP contribution is 2.54. The van der Waals surface area contributed by atoms with Gasteiger partial charge in [0.15, 0.2) is 0 Å². The van der Waals surface area contributed by atoms with Gasteiger partial charge in [0.2, 0.25) is 0 Å². The van der Waals surface area contributed by atoms with E-state index in [1.807, 2.05) is 13.8 Å². The molecule has 6 heteroatoms. The van der Waals surface area contributed by atoms with Crippen molar-refractivity contribution in [2.45, 2.75) is 75.7 Å². The number of ether oxygens (including phenoxy) is 4. The van der Waals surface area contributed by atoms with E-state index in [2.05, 4.69) is 6.58 Å². The van der Waals surface area contributed by atoms with Crippen LogP contribution in [-0.4, -0.2) is 47.6 Å². The quantitative estimate of drug-likeness (QED) is 0.414. The van der Waals surface area contributed by atoms with E-state index in [4.69, 9.17) is 18.9 Å². The molecular formula is C17H22O6. The average Bonchev–Trinajstić information content (AvgIpc) is 3.27. The van der Waals surface area contributed by atoms with Crippen LogP contribution in [-0.2, 0) is 28.5 Å². The lowest BCUT2D eigenvalue weighted by Gasteiger charge is -2.28. The summed E-state index contributed by atoms with van der Waals surface area (Å²) in [6, 6.07) is 0. The Balaban J connectivity index is 1.69. The second-order valence-corrected chi connectivity index (χ2v) is 7.58. The van der Waals surface area contributed by atoms with E-state index in [-0.39, 0.29) is 35.3 Å². The van der Waals surface area contributed by atoms with Crippen LogP contribution in [0.4, 0.5) is 0 Å². The minimum atomic E-state index is -0.488. The summed E-state index contributed by atoms with van der Waals surface area (Å²) in [5, 5.41) is 0. The van der Waals surface area contributed by atoms with Crippen LogP contribution in [0.2, 0.25) is 0 Å². The molecule has 1 unspecified atom stereocenters. The van der Waals surface area contributed by atoms with Gasteiger partial charge in [-0.05, 0) is 26.7 Å². The van der Waals surface area contributed by atoms with Crippen LogP contribution in [0, 0.1) is 5.92 Å². The van der Waals surface area contributed by atoms with Gasteiger partial charge in [0.05, 0.1) is 23.2 Å². The molecule has 0 bridgehead atoms. The molecule has 4 rings (SSSR count). The molecule has 0 N–H and O–H groups in total. The summed E-state index contributed by atoms with van der Waals surface area (Å²) >= 11 is 0. The van der Waals surface area contributed by atoms with E-state index in [1.54, 1.807) is 0 Å². The summed E-state index contributed by atoms with van der Waals surface area (Å²) < 4.78 is 22.8. The molecule has 0 spiro atoms. The fraction of sp³-hybridized carbons (Fsp3) is 0.765. The lowest BCUT2D eigenvalue weighted by molar-refractivity contribution is -0.151. The SMILES string of the molecule is C=C1C(=O)O[C@H]2[C@H]1C(OC(C)=O)C[C@]1(C)O[C@H]1CC[C@@]1(C)O[C@@H]21. The molecule has 4 aliphatic rings. The Morgan fingerprint density at radius 2 is 2.04 bits per heavy atom. The molecule has 23 heavy (non-hydrogen) atoms. The Labute approximate surface area is 135 Å². The molecule has 6 nitrogen and oxygen atoms in total. The number of fused-ring (bicyclic) bond motifs is 4. The van der Waals surface area contributed by atoms with Crippen molar-refractivity contribution in [3.8, 4) is 0 Å². The number of rotatable bonds is 1. The zero-order chi connectivity index (χ0) is 16.6. The van der Waals surface area contributed by atoms with Crippen molar-refractivity contribution in [2.24, 2.45) is 5.92 Å². The second kappa shape index (κ2) is 4.57. The highest BCUT2D eigenvalue weighted by Gasteiger charge is 2.66. The Hall–Kier alpha value is -1.40. The molecule has 0 aromatic rings. The van der Waals surface area contributed by atoms with Crippen LogP contribution in [0.3, 0.4) is 0 Å². The zero-order valence-electron chi connectivity index (χ0n) is 13.7. The maximum atomic E-state index is 12.1. The molecule has 126 valence electrons. The van der Waals surface area contributed by atoms with Crippen LogP contribution in [0.15, 0.2) is 12.2 Å². The first-order valence-electron chi connectivity index (χ1n) is 8.16. The molecule has 0 aromatic carbocycles. The Kier molecular flexibility index (Phi) is 3.01. The first-order chi connectivity index (χ1) is 10.7. The van der Waals surface area contributed by atoms with Crippen LogP contribution in [0.5, 0.6) is 0 Å². The van der Waals surface area contributed by atoms with Crippen molar-refractivity contribution < 1.29 is 28.5 Å². The van der Waals surface area contributed by atoms with Gasteiger partial charge in [0, 0.05) is 18.9 Å². The Morgan fingerprint density at radius 1 is 1.30 bits per heavy atom. The van der Waals surface area contributed by atoms with Gasteiger partial charge in [-0.2, -0.15) is 0 Å². The summed E-state index contributed by atoms with van der Waals surface area (Å²) in [7, 11) is 0. The maximum Gasteiger partial charge on any atom is 0.334 e. The predicted molar refractivity (Wildman–Crippen MR) is 78.5 cm³/mol. The molecular weight excluding hydrogens is 300 g/mol. The number of hydrogen-bond acceptors (Lipinski definition) is 6. The fourth-order valence-electron chi connectivity index (χ4n) is 4.27. The molecule has 0 aromatic heterocycles. The molecule has 7 atom stereocenters. The number of carbonyl (C=O) groups excluding carboxylic acids is 2. The van der Waals surface area contributed by atoms with E-state index >= 15 is 0 Å². The topological polar surface area (TPSA) is 77.7 Å². The Bertz CT molecular complexity index is 600. The summed E-state index contributed by atoms with van der Waals surface area (Å²) in [4.78, 5) is 23.6. The largest absolute Gasteiger partial charge is 0.462 e. The van der Waals surface area contributed by atoms with Gasteiger partial charge in [-0.25, -0.2) is 4.79 Å². The monoisotopic (exact) mass is 322 g/mol. The first kappa shape index (κ1) is 15.1.